The number of aliphatic hydroxyl groups excluding tert-OH is 1. The molecule has 0 bridgehead atoms. The molecule has 16 heavy (non-hydrogen) atoms. The third kappa shape index (κ3) is 3.03. The van der Waals surface area contributed by atoms with Crippen molar-refractivity contribution >= 4 is 11.3 Å². The van der Waals surface area contributed by atoms with Crippen LogP contribution in [0.25, 0.3) is 0 Å². The van der Waals surface area contributed by atoms with Crippen molar-refractivity contribution in [1.29, 1.82) is 0 Å². The summed E-state index contributed by atoms with van der Waals surface area (Å²) < 4.78 is 0. The van der Waals surface area contributed by atoms with Crippen molar-refractivity contribution in [3.05, 3.63) is 16.1 Å². The molecule has 1 heterocycles. The van der Waals surface area contributed by atoms with Gasteiger partial charge < -0.3 is 10.4 Å². The molecule has 0 spiro atoms. The molecule has 90 valence electrons. The molecule has 2 rings (SSSR count). The second kappa shape index (κ2) is 5.75. The molecule has 0 aromatic carbocycles. The molecule has 2 unspecified atom stereocenters. The van der Waals surface area contributed by atoms with Crippen LogP contribution >= 0.6 is 11.3 Å². The molecule has 0 aliphatic heterocycles. The number of hydrogen-bond donors (Lipinski definition) is 2. The smallest absolute Gasteiger partial charge is 0.0925 e. The minimum absolute atomic E-state index is 0.0832. The Hall–Kier alpha value is -0.450. The van der Waals surface area contributed by atoms with Crippen LogP contribution in [0, 0.1) is 5.92 Å². The maximum absolute atomic E-state index is 9.68. The average Bonchev–Trinajstić information content (AvgIpc) is 2.89. The van der Waals surface area contributed by atoms with Crippen LogP contribution in [-0.2, 0) is 13.0 Å². The molecule has 4 heteroatoms. The van der Waals surface area contributed by atoms with Crippen LogP contribution in [0.1, 0.15) is 36.1 Å². The molecule has 1 aromatic heterocycles. The number of aliphatic hydroxyl groups is 1. The van der Waals surface area contributed by atoms with Gasteiger partial charge in [0.25, 0.3) is 0 Å². The molecule has 1 saturated carbocycles. The average molecular weight is 240 g/mol. The minimum atomic E-state index is -0.0832. The first-order valence-electron chi connectivity index (χ1n) is 6.12. The predicted octanol–water partition coefficient (Wildman–Crippen LogP) is 1.96. The highest BCUT2D eigenvalue weighted by Crippen LogP contribution is 2.24. The number of rotatable bonds is 5. The molecular formula is C12H20N2OS. The largest absolute Gasteiger partial charge is 0.393 e. The summed E-state index contributed by atoms with van der Waals surface area (Å²) in [7, 11) is 0. The summed E-state index contributed by atoms with van der Waals surface area (Å²) in [5.41, 5.74) is 0. The number of aryl methyl sites for hydroxylation is 1. The number of hydrogen-bond acceptors (Lipinski definition) is 4. The SMILES string of the molecule is CCc1ncc(CNCC2CCCC2O)s1. The lowest BCUT2D eigenvalue weighted by molar-refractivity contribution is 0.131. The highest BCUT2D eigenvalue weighted by molar-refractivity contribution is 7.11. The van der Waals surface area contributed by atoms with E-state index in [1.165, 1.54) is 16.3 Å². The number of thiazole rings is 1. The van der Waals surface area contributed by atoms with Crippen LogP contribution < -0.4 is 5.32 Å². The Morgan fingerprint density at radius 3 is 3.06 bits per heavy atom. The van der Waals surface area contributed by atoms with E-state index in [4.69, 9.17) is 0 Å². The maximum atomic E-state index is 9.68. The summed E-state index contributed by atoms with van der Waals surface area (Å²) in [6.07, 6.45) is 6.21. The van der Waals surface area contributed by atoms with Gasteiger partial charge in [-0.15, -0.1) is 11.3 Å². The second-order valence-corrected chi connectivity index (χ2v) is 5.66. The van der Waals surface area contributed by atoms with Gasteiger partial charge in [-0.25, -0.2) is 4.98 Å². The van der Waals surface area contributed by atoms with Gasteiger partial charge in [-0.2, -0.15) is 0 Å². The zero-order valence-electron chi connectivity index (χ0n) is 9.78. The molecule has 1 aliphatic carbocycles. The molecule has 3 nitrogen and oxygen atoms in total. The summed E-state index contributed by atoms with van der Waals surface area (Å²) in [5, 5.41) is 14.3. The molecule has 2 atom stereocenters. The Labute approximate surface area is 101 Å². The second-order valence-electron chi connectivity index (χ2n) is 4.46. The fourth-order valence-corrected chi connectivity index (χ4v) is 3.06. The zero-order valence-corrected chi connectivity index (χ0v) is 10.6. The van der Waals surface area contributed by atoms with Crippen molar-refractivity contribution < 1.29 is 5.11 Å². The predicted molar refractivity (Wildman–Crippen MR) is 66.5 cm³/mol. The van der Waals surface area contributed by atoms with Gasteiger partial charge in [0, 0.05) is 24.2 Å². The Kier molecular flexibility index (Phi) is 4.32. The van der Waals surface area contributed by atoms with Crippen molar-refractivity contribution in [3.8, 4) is 0 Å². The van der Waals surface area contributed by atoms with Gasteiger partial charge in [-0.3, -0.25) is 0 Å². The van der Waals surface area contributed by atoms with Crippen LogP contribution in [0.2, 0.25) is 0 Å². The van der Waals surface area contributed by atoms with Gasteiger partial charge in [-0.05, 0) is 25.2 Å². The first kappa shape index (κ1) is 12.0. The zero-order chi connectivity index (χ0) is 11.4. The number of nitrogens with one attached hydrogen (secondary N) is 1. The molecule has 0 amide bonds. The van der Waals surface area contributed by atoms with Crippen LogP contribution in [-0.4, -0.2) is 22.7 Å². The van der Waals surface area contributed by atoms with E-state index in [-0.39, 0.29) is 6.10 Å². The molecule has 1 aromatic rings. The molecule has 0 radical (unpaired) electrons. The Morgan fingerprint density at radius 2 is 2.44 bits per heavy atom. The van der Waals surface area contributed by atoms with Gasteiger partial charge in [0.2, 0.25) is 0 Å². The van der Waals surface area contributed by atoms with Crippen molar-refractivity contribution in [2.75, 3.05) is 6.54 Å². The third-order valence-electron chi connectivity index (χ3n) is 3.23. The normalized spacial score (nSPS) is 25.1. The van der Waals surface area contributed by atoms with E-state index in [0.29, 0.717) is 5.92 Å². The van der Waals surface area contributed by atoms with Gasteiger partial charge >= 0.3 is 0 Å². The van der Waals surface area contributed by atoms with Crippen molar-refractivity contribution in [2.45, 2.75) is 45.3 Å². The highest BCUT2D eigenvalue weighted by Gasteiger charge is 2.24. The maximum Gasteiger partial charge on any atom is 0.0925 e. The van der Waals surface area contributed by atoms with E-state index in [1.807, 2.05) is 6.20 Å². The summed E-state index contributed by atoms with van der Waals surface area (Å²) in [4.78, 5) is 5.62. The van der Waals surface area contributed by atoms with Crippen LogP contribution in [0.5, 0.6) is 0 Å². The fourth-order valence-electron chi connectivity index (χ4n) is 2.23. The lowest BCUT2D eigenvalue weighted by Crippen LogP contribution is -2.27. The first-order valence-corrected chi connectivity index (χ1v) is 6.93. The van der Waals surface area contributed by atoms with Crippen molar-refractivity contribution in [2.24, 2.45) is 5.92 Å². The Bertz CT molecular complexity index is 327. The van der Waals surface area contributed by atoms with E-state index in [0.717, 1.165) is 32.4 Å². The van der Waals surface area contributed by atoms with Gasteiger partial charge in [-0.1, -0.05) is 13.3 Å². The summed E-state index contributed by atoms with van der Waals surface area (Å²) in [5.74, 6) is 0.457. The van der Waals surface area contributed by atoms with Crippen LogP contribution in [0.3, 0.4) is 0 Å². The van der Waals surface area contributed by atoms with E-state index in [9.17, 15) is 5.11 Å². The van der Waals surface area contributed by atoms with Crippen molar-refractivity contribution in [1.82, 2.24) is 10.3 Å². The summed E-state index contributed by atoms with van der Waals surface area (Å²) in [6.45, 7) is 3.95. The monoisotopic (exact) mass is 240 g/mol. The van der Waals surface area contributed by atoms with Crippen LogP contribution in [0.4, 0.5) is 0 Å². The van der Waals surface area contributed by atoms with Gasteiger partial charge in [0.15, 0.2) is 0 Å². The summed E-state index contributed by atoms with van der Waals surface area (Å²) >= 11 is 1.78. The molecule has 2 N–H and O–H groups in total. The van der Waals surface area contributed by atoms with Gasteiger partial charge in [0.05, 0.1) is 11.1 Å². The summed E-state index contributed by atoms with van der Waals surface area (Å²) in [6, 6.07) is 0. The molecule has 1 fully saturated rings. The fraction of sp³-hybridized carbons (Fsp3) is 0.750. The molecule has 0 saturated heterocycles. The Morgan fingerprint density at radius 1 is 1.56 bits per heavy atom. The highest BCUT2D eigenvalue weighted by atomic mass is 32.1. The van der Waals surface area contributed by atoms with E-state index >= 15 is 0 Å². The topological polar surface area (TPSA) is 45.2 Å². The van der Waals surface area contributed by atoms with E-state index < -0.39 is 0 Å². The minimum Gasteiger partial charge on any atom is -0.393 e. The van der Waals surface area contributed by atoms with Gasteiger partial charge in [0.1, 0.15) is 0 Å². The quantitative estimate of drug-likeness (QED) is 0.827. The van der Waals surface area contributed by atoms with Crippen LogP contribution in [0.15, 0.2) is 6.20 Å². The lowest BCUT2D eigenvalue weighted by atomic mass is 10.1. The van der Waals surface area contributed by atoms with E-state index in [1.54, 1.807) is 11.3 Å². The standard InChI is InChI=1S/C12H20N2OS/c1-2-12-14-8-10(16-12)7-13-6-9-4-3-5-11(9)15/h8-9,11,13,15H,2-7H2,1H3. The Balaban J connectivity index is 1.71. The molecule has 1 aliphatic rings. The number of aromatic nitrogens is 1. The third-order valence-corrected chi connectivity index (χ3v) is 4.37. The molecular weight excluding hydrogens is 220 g/mol. The first-order chi connectivity index (χ1) is 7.79. The number of nitrogens with zero attached hydrogens (tertiary/aromatic N) is 1. The van der Waals surface area contributed by atoms with E-state index in [2.05, 4.69) is 17.2 Å². The lowest BCUT2D eigenvalue weighted by Gasteiger charge is -2.14. The van der Waals surface area contributed by atoms with Crippen molar-refractivity contribution in [3.63, 3.8) is 0 Å².